The van der Waals surface area contributed by atoms with E-state index in [0.29, 0.717) is 6.04 Å². The maximum atomic E-state index is 12.5. The summed E-state index contributed by atoms with van der Waals surface area (Å²) in [4.78, 5) is 12.5. The minimum Gasteiger partial charge on any atom is -0.469 e. The molecule has 120 valence electrons. The molecule has 0 radical (unpaired) electrons. The van der Waals surface area contributed by atoms with E-state index in [2.05, 4.69) is 23.7 Å². The molecule has 0 saturated carbocycles. The summed E-state index contributed by atoms with van der Waals surface area (Å²) < 4.78 is 7.52. The van der Waals surface area contributed by atoms with E-state index in [0.717, 1.165) is 35.6 Å². The predicted molar refractivity (Wildman–Crippen MR) is 88.2 cm³/mol. The van der Waals surface area contributed by atoms with Gasteiger partial charge < -0.3 is 14.3 Å². The molecule has 0 bridgehead atoms. The fourth-order valence-electron chi connectivity index (χ4n) is 2.99. The van der Waals surface area contributed by atoms with Gasteiger partial charge in [0.25, 0.3) is 5.91 Å². The second-order valence-corrected chi connectivity index (χ2v) is 6.24. The third-order valence-corrected chi connectivity index (χ3v) is 4.03. The number of hydrogen-bond donors (Lipinski definition) is 1. The molecule has 2 heterocycles. The van der Waals surface area contributed by atoms with Crippen LogP contribution in [0.4, 0.5) is 0 Å². The van der Waals surface area contributed by atoms with E-state index in [1.54, 1.807) is 6.26 Å². The first-order valence-electron chi connectivity index (χ1n) is 7.91. The normalized spacial score (nSPS) is 12.6. The van der Waals surface area contributed by atoms with E-state index in [1.165, 1.54) is 0 Å². The average molecular weight is 302 g/mol. The van der Waals surface area contributed by atoms with E-state index < -0.39 is 0 Å². The van der Waals surface area contributed by atoms with E-state index in [9.17, 15) is 4.79 Å². The van der Waals surface area contributed by atoms with Crippen molar-refractivity contribution in [3.05, 3.63) is 47.2 Å². The number of furan rings is 1. The van der Waals surface area contributed by atoms with Crippen LogP contribution >= 0.6 is 0 Å². The lowest BCUT2D eigenvalue weighted by atomic mass is 10.1. The van der Waals surface area contributed by atoms with Gasteiger partial charge in [-0.1, -0.05) is 0 Å². The van der Waals surface area contributed by atoms with E-state index >= 15 is 0 Å². The lowest BCUT2D eigenvalue weighted by Gasteiger charge is -2.15. The number of carbonyl (C=O) groups excluding carboxylic acids is 1. The summed E-state index contributed by atoms with van der Waals surface area (Å²) in [5, 5.41) is 3.08. The monoisotopic (exact) mass is 302 g/mol. The van der Waals surface area contributed by atoms with Gasteiger partial charge in [0.1, 0.15) is 5.76 Å². The maximum absolute atomic E-state index is 12.5. The second-order valence-electron chi connectivity index (χ2n) is 6.24. The number of aromatic nitrogens is 1. The predicted octanol–water partition coefficient (Wildman–Crippen LogP) is 4.03. The van der Waals surface area contributed by atoms with Gasteiger partial charge in [-0.2, -0.15) is 0 Å². The molecule has 2 rings (SSSR count). The van der Waals surface area contributed by atoms with Crippen molar-refractivity contribution in [1.29, 1.82) is 0 Å². The molecule has 0 fully saturated rings. The fraction of sp³-hybridized carbons (Fsp3) is 0.500. The molecule has 0 aliphatic rings. The van der Waals surface area contributed by atoms with Crippen molar-refractivity contribution in [3.63, 3.8) is 0 Å². The van der Waals surface area contributed by atoms with Crippen molar-refractivity contribution in [2.45, 2.75) is 59.5 Å². The van der Waals surface area contributed by atoms with Gasteiger partial charge in [0.2, 0.25) is 0 Å². The van der Waals surface area contributed by atoms with Gasteiger partial charge in [-0.15, -0.1) is 0 Å². The number of hydrogen-bond acceptors (Lipinski definition) is 2. The first-order chi connectivity index (χ1) is 10.4. The number of carbonyl (C=O) groups is 1. The molecule has 4 heteroatoms. The number of aryl methyl sites for hydroxylation is 2. The zero-order valence-corrected chi connectivity index (χ0v) is 14.1. The van der Waals surface area contributed by atoms with Crippen LogP contribution < -0.4 is 5.32 Å². The standard InChI is InChI=1S/C18H26N2O2/c1-12(2)20-14(4)11-17(15(20)5)18(21)19-13(3)8-9-16-7-6-10-22-16/h6-7,10-13H,8-9H2,1-5H3,(H,19,21). The fourth-order valence-corrected chi connectivity index (χ4v) is 2.99. The molecular weight excluding hydrogens is 276 g/mol. The summed E-state index contributed by atoms with van der Waals surface area (Å²) in [6, 6.07) is 6.30. The molecule has 0 aliphatic carbocycles. The molecule has 0 saturated heterocycles. The Hall–Kier alpha value is -1.97. The molecule has 2 aromatic heterocycles. The SMILES string of the molecule is Cc1cc(C(=O)NC(C)CCc2ccco2)c(C)n1C(C)C. The van der Waals surface area contributed by atoms with Crippen LogP contribution in [0.15, 0.2) is 28.9 Å². The van der Waals surface area contributed by atoms with Crippen LogP contribution in [0.25, 0.3) is 0 Å². The molecular formula is C18H26N2O2. The Kier molecular flexibility index (Phi) is 5.11. The minimum atomic E-state index is 0.00643. The van der Waals surface area contributed by atoms with Crippen molar-refractivity contribution in [2.24, 2.45) is 0 Å². The highest BCUT2D eigenvalue weighted by atomic mass is 16.3. The van der Waals surface area contributed by atoms with Crippen molar-refractivity contribution < 1.29 is 9.21 Å². The second kappa shape index (κ2) is 6.86. The Morgan fingerprint density at radius 3 is 2.59 bits per heavy atom. The highest BCUT2D eigenvalue weighted by Gasteiger charge is 2.18. The first-order valence-corrected chi connectivity index (χ1v) is 7.91. The average Bonchev–Trinajstić information content (AvgIpc) is 3.04. The van der Waals surface area contributed by atoms with Crippen LogP contribution in [0.5, 0.6) is 0 Å². The van der Waals surface area contributed by atoms with Gasteiger partial charge in [-0.3, -0.25) is 4.79 Å². The quantitative estimate of drug-likeness (QED) is 0.875. The summed E-state index contributed by atoms with van der Waals surface area (Å²) in [5.41, 5.74) is 2.93. The number of rotatable bonds is 6. The van der Waals surface area contributed by atoms with Gasteiger partial charge in [-0.05, 0) is 59.2 Å². The van der Waals surface area contributed by atoms with Crippen LogP contribution in [0.2, 0.25) is 0 Å². The largest absolute Gasteiger partial charge is 0.469 e. The van der Waals surface area contributed by atoms with Gasteiger partial charge in [-0.25, -0.2) is 0 Å². The van der Waals surface area contributed by atoms with Gasteiger partial charge in [0.15, 0.2) is 0 Å². The van der Waals surface area contributed by atoms with E-state index in [4.69, 9.17) is 4.42 Å². The third-order valence-electron chi connectivity index (χ3n) is 4.03. The third kappa shape index (κ3) is 3.62. The molecule has 1 unspecified atom stereocenters. The van der Waals surface area contributed by atoms with Gasteiger partial charge in [0.05, 0.1) is 11.8 Å². The number of amides is 1. The van der Waals surface area contributed by atoms with Crippen LogP contribution in [-0.4, -0.2) is 16.5 Å². The maximum Gasteiger partial charge on any atom is 0.253 e. The van der Waals surface area contributed by atoms with E-state index in [1.807, 2.05) is 39.0 Å². The van der Waals surface area contributed by atoms with Gasteiger partial charge in [0, 0.05) is 29.9 Å². The highest BCUT2D eigenvalue weighted by molar-refractivity contribution is 5.95. The molecule has 0 aliphatic heterocycles. The molecule has 0 aromatic carbocycles. The number of nitrogens with zero attached hydrogens (tertiary/aromatic N) is 1. The highest BCUT2D eigenvalue weighted by Crippen LogP contribution is 2.20. The molecule has 2 aromatic rings. The summed E-state index contributed by atoms with van der Waals surface area (Å²) in [5.74, 6) is 0.964. The molecule has 1 N–H and O–H groups in total. The smallest absolute Gasteiger partial charge is 0.253 e. The summed E-state index contributed by atoms with van der Waals surface area (Å²) in [6.45, 7) is 10.4. The minimum absolute atomic E-state index is 0.00643. The summed E-state index contributed by atoms with van der Waals surface area (Å²) >= 11 is 0. The van der Waals surface area contributed by atoms with Crippen molar-refractivity contribution in [2.75, 3.05) is 0 Å². The zero-order valence-electron chi connectivity index (χ0n) is 14.1. The lowest BCUT2D eigenvalue weighted by molar-refractivity contribution is 0.0937. The Morgan fingerprint density at radius 1 is 1.32 bits per heavy atom. The Balaban J connectivity index is 1.98. The molecule has 1 amide bonds. The van der Waals surface area contributed by atoms with Crippen molar-refractivity contribution in [3.8, 4) is 0 Å². The lowest BCUT2D eigenvalue weighted by Crippen LogP contribution is -2.33. The molecule has 1 atom stereocenters. The van der Waals surface area contributed by atoms with Crippen LogP contribution in [0, 0.1) is 13.8 Å². The Bertz CT molecular complexity index is 624. The van der Waals surface area contributed by atoms with Crippen molar-refractivity contribution in [1.82, 2.24) is 9.88 Å². The summed E-state index contributed by atoms with van der Waals surface area (Å²) in [6.07, 6.45) is 3.38. The summed E-state index contributed by atoms with van der Waals surface area (Å²) in [7, 11) is 0. The molecule has 4 nitrogen and oxygen atoms in total. The molecule has 0 spiro atoms. The van der Waals surface area contributed by atoms with Gasteiger partial charge >= 0.3 is 0 Å². The Labute approximate surface area is 132 Å². The topological polar surface area (TPSA) is 47.2 Å². The Morgan fingerprint density at radius 2 is 2.05 bits per heavy atom. The number of nitrogens with one attached hydrogen (secondary N) is 1. The van der Waals surface area contributed by atoms with Crippen LogP contribution in [0.1, 0.15) is 60.7 Å². The van der Waals surface area contributed by atoms with Crippen LogP contribution in [-0.2, 0) is 6.42 Å². The zero-order chi connectivity index (χ0) is 16.3. The van der Waals surface area contributed by atoms with Crippen LogP contribution in [0.3, 0.4) is 0 Å². The molecule has 22 heavy (non-hydrogen) atoms. The first kappa shape index (κ1) is 16.4. The van der Waals surface area contributed by atoms with E-state index in [-0.39, 0.29) is 11.9 Å². The van der Waals surface area contributed by atoms with Crippen molar-refractivity contribution >= 4 is 5.91 Å².